The zero-order valence-electron chi connectivity index (χ0n) is 13.1. The zero-order chi connectivity index (χ0) is 15.2. The van der Waals surface area contributed by atoms with Crippen molar-refractivity contribution in [3.63, 3.8) is 0 Å². The van der Waals surface area contributed by atoms with E-state index in [4.69, 9.17) is 0 Å². The Balaban J connectivity index is 2.29. The van der Waals surface area contributed by atoms with Crippen molar-refractivity contribution in [3.8, 4) is 0 Å². The van der Waals surface area contributed by atoms with Crippen LogP contribution < -0.4 is 5.32 Å². The molecule has 1 atom stereocenters. The van der Waals surface area contributed by atoms with Gasteiger partial charge in [-0.2, -0.15) is 0 Å². The molecule has 1 rings (SSSR count). The largest absolute Gasteiger partial charge is 0.480 e. The van der Waals surface area contributed by atoms with Gasteiger partial charge in [-0.05, 0) is 24.2 Å². The summed E-state index contributed by atoms with van der Waals surface area (Å²) in [6, 6.07) is -0.815. The lowest BCUT2D eigenvalue weighted by atomic mass is 9.85. The summed E-state index contributed by atoms with van der Waals surface area (Å²) in [5.41, 5.74) is -0.467. The first-order chi connectivity index (χ1) is 9.30. The number of carbonyl (C=O) groups excluding carboxylic acids is 1. The first-order valence-corrected chi connectivity index (χ1v) is 7.83. The van der Waals surface area contributed by atoms with Gasteiger partial charge in [0, 0.05) is 6.42 Å². The van der Waals surface area contributed by atoms with Crippen molar-refractivity contribution in [2.24, 2.45) is 11.3 Å². The zero-order valence-corrected chi connectivity index (χ0v) is 13.1. The Labute approximate surface area is 122 Å². The second kappa shape index (κ2) is 7.65. The van der Waals surface area contributed by atoms with Crippen LogP contribution in [0, 0.1) is 11.3 Å². The minimum Gasteiger partial charge on any atom is -0.480 e. The van der Waals surface area contributed by atoms with E-state index in [0.717, 1.165) is 18.8 Å². The summed E-state index contributed by atoms with van der Waals surface area (Å²) in [7, 11) is 0. The number of carbonyl (C=O) groups is 2. The highest BCUT2D eigenvalue weighted by molar-refractivity contribution is 5.84. The van der Waals surface area contributed by atoms with Crippen LogP contribution in [0.25, 0.3) is 0 Å². The molecule has 0 aromatic rings. The standard InChI is InChI=1S/C16H29NO3/c1-16(2,3)14(15(19)20)17-13(18)11-7-10-12-8-5-4-6-9-12/h12,14H,4-11H2,1-3H3,(H,17,18)(H,19,20)/t14-/m1/s1. The van der Waals surface area contributed by atoms with Crippen LogP contribution in [-0.2, 0) is 9.59 Å². The summed E-state index contributed by atoms with van der Waals surface area (Å²) >= 11 is 0. The Morgan fingerprint density at radius 2 is 1.80 bits per heavy atom. The lowest BCUT2D eigenvalue weighted by Gasteiger charge is -2.28. The predicted octanol–water partition coefficient (Wildman–Crippen LogP) is 3.35. The maximum Gasteiger partial charge on any atom is 0.326 e. The van der Waals surface area contributed by atoms with Crippen LogP contribution in [0.5, 0.6) is 0 Å². The number of aliphatic carboxylic acids is 1. The Kier molecular flexibility index (Phi) is 6.50. The second-order valence-corrected chi connectivity index (χ2v) is 7.10. The van der Waals surface area contributed by atoms with Crippen molar-refractivity contribution in [3.05, 3.63) is 0 Å². The van der Waals surface area contributed by atoms with Gasteiger partial charge in [-0.3, -0.25) is 4.79 Å². The van der Waals surface area contributed by atoms with E-state index in [1.807, 2.05) is 20.8 Å². The lowest BCUT2D eigenvalue weighted by Crippen LogP contribution is -2.49. The molecule has 1 fully saturated rings. The molecule has 0 spiro atoms. The van der Waals surface area contributed by atoms with E-state index in [0.29, 0.717) is 6.42 Å². The van der Waals surface area contributed by atoms with Gasteiger partial charge in [0.15, 0.2) is 0 Å². The highest BCUT2D eigenvalue weighted by Crippen LogP contribution is 2.27. The van der Waals surface area contributed by atoms with E-state index in [9.17, 15) is 14.7 Å². The van der Waals surface area contributed by atoms with Crippen LogP contribution in [0.2, 0.25) is 0 Å². The predicted molar refractivity (Wildman–Crippen MR) is 79.4 cm³/mol. The third-order valence-corrected chi connectivity index (χ3v) is 4.16. The summed E-state index contributed by atoms with van der Waals surface area (Å²) in [4.78, 5) is 23.1. The fourth-order valence-corrected chi connectivity index (χ4v) is 2.91. The fraction of sp³-hybridized carbons (Fsp3) is 0.875. The number of amides is 1. The van der Waals surface area contributed by atoms with Crippen molar-refractivity contribution in [1.82, 2.24) is 5.32 Å². The van der Waals surface area contributed by atoms with Crippen LogP contribution in [0.4, 0.5) is 0 Å². The smallest absolute Gasteiger partial charge is 0.326 e. The number of carboxylic acid groups (broad SMARTS) is 1. The molecule has 1 aliphatic rings. The molecule has 116 valence electrons. The summed E-state index contributed by atoms with van der Waals surface area (Å²) in [5, 5.41) is 11.8. The van der Waals surface area contributed by atoms with E-state index in [-0.39, 0.29) is 5.91 Å². The highest BCUT2D eigenvalue weighted by atomic mass is 16.4. The molecule has 4 heteroatoms. The highest BCUT2D eigenvalue weighted by Gasteiger charge is 2.32. The first kappa shape index (κ1) is 17.0. The van der Waals surface area contributed by atoms with Gasteiger partial charge in [-0.15, -0.1) is 0 Å². The maximum absolute atomic E-state index is 11.9. The van der Waals surface area contributed by atoms with Crippen molar-refractivity contribution < 1.29 is 14.7 Å². The van der Waals surface area contributed by atoms with Gasteiger partial charge in [0.05, 0.1) is 0 Å². The van der Waals surface area contributed by atoms with Gasteiger partial charge in [0.2, 0.25) is 5.91 Å². The van der Waals surface area contributed by atoms with Gasteiger partial charge in [-0.25, -0.2) is 4.79 Å². The van der Waals surface area contributed by atoms with Crippen molar-refractivity contribution >= 4 is 11.9 Å². The molecule has 4 nitrogen and oxygen atoms in total. The van der Waals surface area contributed by atoms with Crippen LogP contribution in [0.1, 0.15) is 72.1 Å². The Morgan fingerprint density at radius 3 is 2.30 bits per heavy atom. The molecule has 1 saturated carbocycles. The van der Waals surface area contributed by atoms with Crippen molar-refractivity contribution in [1.29, 1.82) is 0 Å². The molecule has 0 saturated heterocycles. The molecular formula is C16H29NO3. The number of nitrogens with one attached hydrogen (secondary N) is 1. The van der Waals surface area contributed by atoms with E-state index in [1.54, 1.807) is 0 Å². The fourth-order valence-electron chi connectivity index (χ4n) is 2.91. The lowest BCUT2D eigenvalue weighted by molar-refractivity contribution is -0.145. The van der Waals surface area contributed by atoms with Crippen molar-refractivity contribution in [2.45, 2.75) is 78.2 Å². The third kappa shape index (κ3) is 5.93. The van der Waals surface area contributed by atoms with Crippen LogP contribution in [-0.4, -0.2) is 23.0 Å². The summed E-state index contributed by atoms with van der Waals surface area (Å²) < 4.78 is 0. The first-order valence-electron chi connectivity index (χ1n) is 7.83. The second-order valence-electron chi connectivity index (χ2n) is 7.10. The topological polar surface area (TPSA) is 66.4 Å². The van der Waals surface area contributed by atoms with Crippen LogP contribution in [0.15, 0.2) is 0 Å². The number of hydrogen-bond acceptors (Lipinski definition) is 2. The summed E-state index contributed by atoms with van der Waals surface area (Å²) in [6.07, 6.45) is 8.99. The van der Waals surface area contributed by atoms with E-state index in [2.05, 4.69) is 5.32 Å². The summed E-state index contributed by atoms with van der Waals surface area (Å²) in [6.45, 7) is 5.48. The molecule has 1 amide bonds. The van der Waals surface area contributed by atoms with Gasteiger partial charge in [0.25, 0.3) is 0 Å². The Morgan fingerprint density at radius 1 is 1.20 bits per heavy atom. The minimum absolute atomic E-state index is 0.136. The number of hydrogen-bond donors (Lipinski definition) is 2. The molecule has 0 aliphatic heterocycles. The van der Waals surface area contributed by atoms with Gasteiger partial charge >= 0.3 is 5.97 Å². The Bertz CT molecular complexity index is 327. The monoisotopic (exact) mass is 283 g/mol. The normalized spacial score (nSPS) is 18.6. The molecule has 20 heavy (non-hydrogen) atoms. The molecule has 0 aromatic carbocycles. The quantitative estimate of drug-likeness (QED) is 0.785. The van der Waals surface area contributed by atoms with Gasteiger partial charge in [0.1, 0.15) is 6.04 Å². The van der Waals surface area contributed by atoms with Crippen LogP contribution >= 0.6 is 0 Å². The third-order valence-electron chi connectivity index (χ3n) is 4.16. The van der Waals surface area contributed by atoms with E-state index >= 15 is 0 Å². The molecule has 1 aliphatic carbocycles. The maximum atomic E-state index is 11.9. The minimum atomic E-state index is -0.960. The number of carboxylic acids is 1. The molecule has 0 aromatic heterocycles. The number of rotatable bonds is 6. The Hall–Kier alpha value is -1.06. The molecule has 0 bridgehead atoms. The molecule has 2 N–H and O–H groups in total. The average Bonchev–Trinajstić information content (AvgIpc) is 2.35. The molecule has 0 heterocycles. The average molecular weight is 283 g/mol. The molecular weight excluding hydrogens is 254 g/mol. The molecule has 0 unspecified atom stereocenters. The van der Waals surface area contributed by atoms with Crippen LogP contribution in [0.3, 0.4) is 0 Å². The SMILES string of the molecule is CC(C)(C)[C@H](NC(=O)CCCC1CCCCC1)C(=O)O. The van der Waals surface area contributed by atoms with E-state index < -0.39 is 17.4 Å². The van der Waals surface area contributed by atoms with E-state index in [1.165, 1.54) is 32.1 Å². The summed E-state index contributed by atoms with van der Waals surface area (Å²) in [5.74, 6) is -0.323. The molecule has 0 radical (unpaired) electrons. The van der Waals surface area contributed by atoms with Gasteiger partial charge in [-0.1, -0.05) is 52.9 Å². The van der Waals surface area contributed by atoms with Crippen molar-refractivity contribution in [2.75, 3.05) is 0 Å². The van der Waals surface area contributed by atoms with Gasteiger partial charge < -0.3 is 10.4 Å².